The van der Waals surface area contributed by atoms with Crippen molar-refractivity contribution in [2.75, 3.05) is 31.7 Å². The van der Waals surface area contributed by atoms with E-state index in [1.54, 1.807) is 6.20 Å². The maximum Gasteiger partial charge on any atom is 0.308 e. The van der Waals surface area contributed by atoms with Crippen molar-refractivity contribution >= 4 is 22.6 Å². The zero-order valence-corrected chi connectivity index (χ0v) is 11.9. The molecule has 2 aromatic rings. The molecule has 1 aliphatic rings. The zero-order chi connectivity index (χ0) is 14.7. The first-order chi connectivity index (χ1) is 10.3. The normalized spacial score (nSPS) is 18.7. The molecular formula is C15H17N3O3. The van der Waals surface area contributed by atoms with Crippen molar-refractivity contribution in [3.8, 4) is 0 Å². The summed E-state index contributed by atoms with van der Waals surface area (Å²) in [6.45, 7) is 1.91. The van der Waals surface area contributed by atoms with Crippen LogP contribution < -0.4 is 4.90 Å². The molecule has 0 bridgehead atoms. The Kier molecular flexibility index (Phi) is 3.96. The summed E-state index contributed by atoms with van der Waals surface area (Å²) in [4.78, 5) is 13.5. The quantitative estimate of drug-likeness (QED) is 0.795. The average Bonchev–Trinajstić information content (AvgIpc) is 2.54. The number of esters is 1. The number of ether oxygens (including phenoxy) is 2. The summed E-state index contributed by atoms with van der Waals surface area (Å²) in [5, 5.41) is 10.5. The van der Waals surface area contributed by atoms with Crippen LogP contribution in [-0.4, -0.2) is 49.1 Å². The summed E-state index contributed by atoms with van der Waals surface area (Å²) in [7, 11) is 1.39. The van der Waals surface area contributed by atoms with Crippen molar-refractivity contribution in [3.63, 3.8) is 0 Å². The van der Waals surface area contributed by atoms with E-state index in [2.05, 4.69) is 15.1 Å². The Morgan fingerprint density at radius 2 is 2.33 bits per heavy atom. The monoisotopic (exact) mass is 287 g/mol. The predicted octanol–water partition coefficient (Wildman–Crippen LogP) is 1.40. The Bertz CT molecular complexity index is 642. The summed E-state index contributed by atoms with van der Waals surface area (Å²) in [6.07, 6.45) is 1.84. The molecule has 1 fully saturated rings. The van der Waals surface area contributed by atoms with E-state index in [1.807, 2.05) is 24.3 Å². The second-order valence-corrected chi connectivity index (χ2v) is 4.97. The van der Waals surface area contributed by atoms with Crippen LogP contribution in [0.25, 0.3) is 10.8 Å². The van der Waals surface area contributed by atoms with Gasteiger partial charge in [0, 0.05) is 23.9 Å². The van der Waals surface area contributed by atoms with Gasteiger partial charge in [0.05, 0.1) is 32.4 Å². The molecule has 110 valence electrons. The van der Waals surface area contributed by atoms with Crippen molar-refractivity contribution in [2.45, 2.75) is 12.5 Å². The first-order valence-corrected chi connectivity index (χ1v) is 6.91. The molecule has 6 nitrogen and oxygen atoms in total. The third-order valence-corrected chi connectivity index (χ3v) is 3.61. The van der Waals surface area contributed by atoms with Crippen LogP contribution >= 0.6 is 0 Å². The first kappa shape index (κ1) is 13.8. The number of carbonyl (C=O) groups is 1. The molecule has 0 aliphatic carbocycles. The predicted molar refractivity (Wildman–Crippen MR) is 78.1 cm³/mol. The summed E-state index contributed by atoms with van der Waals surface area (Å²) >= 11 is 0. The van der Waals surface area contributed by atoms with Gasteiger partial charge in [0.2, 0.25) is 0 Å². The highest BCUT2D eigenvalue weighted by molar-refractivity contribution is 5.91. The van der Waals surface area contributed by atoms with Gasteiger partial charge >= 0.3 is 5.97 Å². The van der Waals surface area contributed by atoms with Crippen LogP contribution in [0.3, 0.4) is 0 Å². The molecule has 1 saturated heterocycles. The van der Waals surface area contributed by atoms with Crippen molar-refractivity contribution in [3.05, 3.63) is 30.5 Å². The number of aromatic nitrogens is 2. The summed E-state index contributed by atoms with van der Waals surface area (Å²) < 4.78 is 10.3. The molecular weight excluding hydrogens is 270 g/mol. The Morgan fingerprint density at radius 3 is 3.19 bits per heavy atom. The lowest BCUT2D eigenvalue weighted by Crippen LogP contribution is -2.44. The Balaban J connectivity index is 1.83. The minimum atomic E-state index is -0.258. The molecule has 0 amide bonds. The van der Waals surface area contributed by atoms with Crippen LogP contribution in [0.15, 0.2) is 30.5 Å². The standard InChI is InChI=1S/C15H17N3O3/c1-20-14(19)8-12-10-18(6-7-21-12)15-13-5-3-2-4-11(13)9-16-17-15/h2-5,9,12H,6-8,10H2,1H3. The van der Waals surface area contributed by atoms with Gasteiger partial charge in [0.1, 0.15) is 0 Å². The molecule has 21 heavy (non-hydrogen) atoms. The molecule has 1 unspecified atom stereocenters. The Labute approximate surface area is 122 Å². The topological polar surface area (TPSA) is 64.5 Å². The van der Waals surface area contributed by atoms with Crippen LogP contribution in [0.4, 0.5) is 5.82 Å². The fourth-order valence-electron chi connectivity index (χ4n) is 2.55. The van der Waals surface area contributed by atoms with Crippen molar-refractivity contribution in [1.29, 1.82) is 0 Å². The number of morpholine rings is 1. The maximum atomic E-state index is 11.4. The summed E-state index contributed by atoms with van der Waals surface area (Å²) in [5.74, 6) is 0.581. The van der Waals surface area contributed by atoms with Gasteiger partial charge in [-0.2, -0.15) is 5.10 Å². The maximum absolute atomic E-state index is 11.4. The number of hydrogen-bond acceptors (Lipinski definition) is 6. The third-order valence-electron chi connectivity index (χ3n) is 3.61. The van der Waals surface area contributed by atoms with Crippen LogP contribution in [0.1, 0.15) is 6.42 Å². The van der Waals surface area contributed by atoms with E-state index >= 15 is 0 Å². The lowest BCUT2D eigenvalue weighted by atomic mass is 10.1. The van der Waals surface area contributed by atoms with E-state index < -0.39 is 0 Å². The number of methoxy groups -OCH3 is 1. The Morgan fingerprint density at radius 1 is 1.48 bits per heavy atom. The number of rotatable bonds is 3. The van der Waals surface area contributed by atoms with E-state index in [0.717, 1.165) is 23.1 Å². The van der Waals surface area contributed by atoms with Gasteiger partial charge in [-0.1, -0.05) is 24.3 Å². The van der Waals surface area contributed by atoms with E-state index in [-0.39, 0.29) is 18.5 Å². The lowest BCUT2D eigenvalue weighted by molar-refractivity contribution is -0.144. The molecule has 0 N–H and O–H groups in total. The highest BCUT2D eigenvalue weighted by atomic mass is 16.5. The number of carbonyl (C=O) groups excluding carboxylic acids is 1. The van der Waals surface area contributed by atoms with Gasteiger partial charge in [-0.3, -0.25) is 4.79 Å². The molecule has 0 saturated carbocycles. The minimum Gasteiger partial charge on any atom is -0.469 e. The fraction of sp³-hybridized carbons (Fsp3) is 0.400. The van der Waals surface area contributed by atoms with Gasteiger partial charge in [-0.25, -0.2) is 0 Å². The van der Waals surface area contributed by atoms with E-state index in [9.17, 15) is 4.79 Å². The molecule has 3 rings (SSSR count). The summed E-state index contributed by atoms with van der Waals surface area (Å²) in [5.41, 5.74) is 0. The van der Waals surface area contributed by atoms with E-state index in [0.29, 0.717) is 13.2 Å². The number of hydrogen-bond donors (Lipinski definition) is 0. The number of nitrogens with zero attached hydrogens (tertiary/aromatic N) is 3. The third kappa shape index (κ3) is 2.95. The van der Waals surface area contributed by atoms with Crippen molar-refractivity contribution in [1.82, 2.24) is 10.2 Å². The Hall–Kier alpha value is -2.21. The number of fused-ring (bicyclic) bond motifs is 1. The van der Waals surface area contributed by atoms with Gasteiger partial charge in [0.25, 0.3) is 0 Å². The van der Waals surface area contributed by atoms with Gasteiger partial charge in [-0.15, -0.1) is 5.10 Å². The zero-order valence-electron chi connectivity index (χ0n) is 11.9. The van der Waals surface area contributed by atoms with Crippen molar-refractivity contribution in [2.24, 2.45) is 0 Å². The number of benzene rings is 1. The summed E-state index contributed by atoms with van der Waals surface area (Å²) in [6, 6.07) is 8.01. The largest absolute Gasteiger partial charge is 0.469 e. The molecule has 1 atom stereocenters. The van der Waals surface area contributed by atoms with Crippen LogP contribution in [0.5, 0.6) is 0 Å². The van der Waals surface area contributed by atoms with Crippen LogP contribution in [0, 0.1) is 0 Å². The lowest BCUT2D eigenvalue weighted by Gasteiger charge is -2.33. The average molecular weight is 287 g/mol. The second kappa shape index (κ2) is 6.05. The minimum absolute atomic E-state index is 0.174. The van der Waals surface area contributed by atoms with Gasteiger partial charge < -0.3 is 14.4 Å². The molecule has 1 aromatic heterocycles. The van der Waals surface area contributed by atoms with Crippen LogP contribution in [-0.2, 0) is 14.3 Å². The number of anilines is 1. The molecule has 0 radical (unpaired) electrons. The van der Waals surface area contributed by atoms with Gasteiger partial charge in [0.15, 0.2) is 5.82 Å². The first-order valence-electron chi connectivity index (χ1n) is 6.91. The molecule has 0 spiro atoms. The van der Waals surface area contributed by atoms with E-state index in [4.69, 9.17) is 9.47 Å². The van der Waals surface area contributed by atoms with Crippen LogP contribution in [0.2, 0.25) is 0 Å². The second-order valence-electron chi connectivity index (χ2n) is 4.97. The molecule has 1 aliphatic heterocycles. The molecule has 2 heterocycles. The van der Waals surface area contributed by atoms with Crippen molar-refractivity contribution < 1.29 is 14.3 Å². The highest BCUT2D eigenvalue weighted by Gasteiger charge is 2.25. The SMILES string of the molecule is COC(=O)CC1CN(c2nncc3ccccc23)CCO1. The fourth-order valence-corrected chi connectivity index (χ4v) is 2.55. The van der Waals surface area contributed by atoms with Gasteiger partial charge in [-0.05, 0) is 0 Å². The molecule has 6 heteroatoms. The smallest absolute Gasteiger partial charge is 0.308 e. The van der Waals surface area contributed by atoms with E-state index in [1.165, 1.54) is 7.11 Å². The highest BCUT2D eigenvalue weighted by Crippen LogP contribution is 2.25. The molecule has 1 aromatic carbocycles.